The van der Waals surface area contributed by atoms with Crippen molar-refractivity contribution in [2.24, 2.45) is 0 Å². The molecular weight excluding hydrogens is 230 g/mol. The Balaban J connectivity index is 2.24. The second-order valence-corrected chi connectivity index (χ2v) is 3.92. The Morgan fingerprint density at radius 1 is 1.28 bits per heavy atom. The number of furan rings is 1. The van der Waals surface area contributed by atoms with Crippen molar-refractivity contribution >= 4 is 11.5 Å². The Morgan fingerprint density at radius 3 is 2.89 bits per heavy atom. The molecular formula is C14H11NO3. The van der Waals surface area contributed by atoms with Crippen molar-refractivity contribution in [2.45, 2.75) is 6.92 Å². The molecule has 4 nitrogen and oxygen atoms in total. The van der Waals surface area contributed by atoms with Gasteiger partial charge in [0.25, 0.3) is 0 Å². The van der Waals surface area contributed by atoms with Gasteiger partial charge in [-0.3, -0.25) is 4.79 Å². The minimum absolute atomic E-state index is 0.336. The first-order valence-corrected chi connectivity index (χ1v) is 5.58. The molecule has 0 unspecified atom stereocenters. The molecule has 0 N–H and O–H groups in total. The zero-order chi connectivity index (χ0) is 12.5. The lowest BCUT2D eigenvalue weighted by molar-refractivity contribution is -0.131. The van der Waals surface area contributed by atoms with E-state index < -0.39 is 0 Å². The van der Waals surface area contributed by atoms with Crippen molar-refractivity contribution in [2.75, 3.05) is 0 Å². The van der Waals surface area contributed by atoms with Gasteiger partial charge in [0.1, 0.15) is 0 Å². The number of fused-ring (bicyclic) bond motifs is 1. The number of hydrogen-bond acceptors (Lipinski definition) is 3. The summed E-state index contributed by atoms with van der Waals surface area (Å²) in [5.41, 5.74) is 1.69. The highest BCUT2D eigenvalue weighted by Crippen LogP contribution is 2.31. The zero-order valence-corrected chi connectivity index (χ0v) is 9.79. The smallest absolute Gasteiger partial charge is 0.308 e. The highest BCUT2D eigenvalue weighted by Gasteiger charge is 2.14. The maximum atomic E-state index is 11.1. The first-order chi connectivity index (χ1) is 8.75. The Labute approximate surface area is 103 Å². The Morgan fingerprint density at radius 2 is 2.17 bits per heavy atom. The molecule has 0 bridgehead atoms. The van der Waals surface area contributed by atoms with Crippen LogP contribution >= 0.6 is 0 Å². The SMILES string of the molecule is CC(=O)Oc1cc(-c2ccco2)n2ccccc12. The molecule has 0 saturated heterocycles. The average molecular weight is 241 g/mol. The van der Waals surface area contributed by atoms with Gasteiger partial charge in [0, 0.05) is 19.2 Å². The largest absolute Gasteiger partial charge is 0.463 e. The molecule has 4 heteroatoms. The van der Waals surface area contributed by atoms with Crippen LogP contribution < -0.4 is 4.74 Å². The van der Waals surface area contributed by atoms with E-state index in [4.69, 9.17) is 9.15 Å². The van der Waals surface area contributed by atoms with Crippen molar-refractivity contribution < 1.29 is 13.9 Å². The molecule has 0 radical (unpaired) electrons. The lowest BCUT2D eigenvalue weighted by Crippen LogP contribution is -2.00. The van der Waals surface area contributed by atoms with Gasteiger partial charge in [-0.25, -0.2) is 0 Å². The second kappa shape index (κ2) is 4.07. The van der Waals surface area contributed by atoms with Crippen LogP contribution in [0.25, 0.3) is 17.0 Å². The van der Waals surface area contributed by atoms with Gasteiger partial charge in [0.2, 0.25) is 0 Å². The van der Waals surface area contributed by atoms with Crippen LogP contribution in [0.3, 0.4) is 0 Å². The van der Waals surface area contributed by atoms with Crippen LogP contribution in [0.1, 0.15) is 6.92 Å². The minimum Gasteiger partial charge on any atom is -0.463 e. The van der Waals surface area contributed by atoms with Crippen molar-refractivity contribution in [3.63, 3.8) is 0 Å². The number of hydrogen-bond donors (Lipinski definition) is 0. The monoisotopic (exact) mass is 241 g/mol. The fourth-order valence-electron chi connectivity index (χ4n) is 1.97. The fraction of sp³-hybridized carbons (Fsp3) is 0.0714. The quantitative estimate of drug-likeness (QED) is 0.647. The summed E-state index contributed by atoms with van der Waals surface area (Å²) in [5, 5.41) is 0. The lowest BCUT2D eigenvalue weighted by atomic mass is 10.3. The molecule has 3 aromatic rings. The number of pyridine rings is 1. The fourth-order valence-corrected chi connectivity index (χ4v) is 1.97. The number of rotatable bonds is 2. The number of carbonyl (C=O) groups is 1. The average Bonchev–Trinajstić information content (AvgIpc) is 2.96. The molecule has 0 atom stereocenters. The van der Waals surface area contributed by atoms with Crippen molar-refractivity contribution in [3.05, 3.63) is 48.9 Å². The zero-order valence-electron chi connectivity index (χ0n) is 9.79. The molecule has 3 rings (SSSR count). The molecule has 0 fully saturated rings. The summed E-state index contributed by atoms with van der Waals surface area (Å²) in [7, 11) is 0. The Hall–Kier alpha value is -2.49. The second-order valence-electron chi connectivity index (χ2n) is 3.92. The predicted molar refractivity (Wildman–Crippen MR) is 66.4 cm³/mol. The third kappa shape index (κ3) is 1.68. The van der Waals surface area contributed by atoms with Crippen LogP contribution in [-0.2, 0) is 4.79 Å². The molecule has 0 saturated carbocycles. The molecule has 90 valence electrons. The van der Waals surface area contributed by atoms with Crippen molar-refractivity contribution in [1.82, 2.24) is 4.40 Å². The van der Waals surface area contributed by atoms with E-state index in [1.165, 1.54) is 6.92 Å². The van der Waals surface area contributed by atoms with Gasteiger partial charge in [0.15, 0.2) is 11.5 Å². The third-order valence-corrected chi connectivity index (χ3v) is 2.67. The summed E-state index contributed by atoms with van der Waals surface area (Å²) in [4.78, 5) is 11.1. The highest BCUT2D eigenvalue weighted by atomic mass is 16.5. The summed E-state index contributed by atoms with van der Waals surface area (Å²) in [5.74, 6) is 0.932. The van der Waals surface area contributed by atoms with Crippen LogP contribution in [0.2, 0.25) is 0 Å². The van der Waals surface area contributed by atoms with Gasteiger partial charge in [-0.15, -0.1) is 0 Å². The number of nitrogens with zero attached hydrogens (tertiary/aromatic N) is 1. The molecule has 0 aliphatic carbocycles. The summed E-state index contributed by atoms with van der Waals surface area (Å²) >= 11 is 0. The number of aromatic nitrogens is 1. The summed E-state index contributed by atoms with van der Waals surface area (Å²) in [6.07, 6.45) is 3.52. The number of ether oxygens (including phenoxy) is 1. The normalized spacial score (nSPS) is 10.7. The van der Waals surface area contributed by atoms with Crippen LogP contribution in [0.4, 0.5) is 0 Å². The van der Waals surface area contributed by atoms with E-state index in [0.717, 1.165) is 17.0 Å². The van der Waals surface area contributed by atoms with E-state index in [1.54, 1.807) is 12.3 Å². The first-order valence-electron chi connectivity index (χ1n) is 5.58. The van der Waals surface area contributed by atoms with Crippen LogP contribution in [0, 0.1) is 0 Å². The molecule has 18 heavy (non-hydrogen) atoms. The van der Waals surface area contributed by atoms with E-state index in [1.807, 2.05) is 40.9 Å². The molecule has 0 amide bonds. The summed E-state index contributed by atoms with van der Waals surface area (Å²) in [6.45, 7) is 1.39. The van der Waals surface area contributed by atoms with Gasteiger partial charge in [-0.05, 0) is 24.3 Å². The van der Waals surface area contributed by atoms with Crippen molar-refractivity contribution in [3.8, 4) is 17.2 Å². The van der Waals surface area contributed by atoms with Crippen LogP contribution in [0.5, 0.6) is 5.75 Å². The third-order valence-electron chi connectivity index (χ3n) is 2.67. The molecule has 0 aliphatic heterocycles. The van der Waals surface area contributed by atoms with Gasteiger partial charge >= 0.3 is 5.97 Å². The summed E-state index contributed by atoms with van der Waals surface area (Å²) in [6, 6.07) is 11.2. The molecule has 3 aromatic heterocycles. The molecule has 0 aliphatic rings. The molecule has 0 aromatic carbocycles. The van der Waals surface area contributed by atoms with E-state index in [9.17, 15) is 4.79 Å². The summed E-state index contributed by atoms with van der Waals surface area (Å²) < 4.78 is 12.5. The Kier molecular flexibility index (Phi) is 2.41. The lowest BCUT2D eigenvalue weighted by Gasteiger charge is -1.99. The van der Waals surface area contributed by atoms with Crippen LogP contribution in [0.15, 0.2) is 53.3 Å². The van der Waals surface area contributed by atoms with Gasteiger partial charge < -0.3 is 13.6 Å². The van der Waals surface area contributed by atoms with Gasteiger partial charge in [0.05, 0.1) is 17.5 Å². The molecule has 3 heterocycles. The first kappa shape index (κ1) is 10.7. The topological polar surface area (TPSA) is 43.8 Å². The maximum absolute atomic E-state index is 11.1. The van der Waals surface area contributed by atoms with E-state index in [2.05, 4.69) is 0 Å². The highest BCUT2D eigenvalue weighted by molar-refractivity contribution is 5.78. The van der Waals surface area contributed by atoms with Gasteiger partial charge in [-0.1, -0.05) is 6.07 Å². The predicted octanol–water partition coefficient (Wildman–Crippen LogP) is 3.12. The van der Waals surface area contributed by atoms with E-state index in [-0.39, 0.29) is 5.97 Å². The van der Waals surface area contributed by atoms with Crippen LogP contribution in [-0.4, -0.2) is 10.4 Å². The minimum atomic E-state index is -0.336. The van der Waals surface area contributed by atoms with Crippen molar-refractivity contribution in [1.29, 1.82) is 0 Å². The standard InChI is InChI=1S/C14H11NO3/c1-10(16)18-14-9-12(13-6-4-8-17-13)15-7-3-2-5-11(14)15/h2-9H,1H3. The Bertz CT molecular complexity index is 695. The van der Waals surface area contributed by atoms with E-state index in [0.29, 0.717) is 5.75 Å². The number of carbonyl (C=O) groups excluding carboxylic acids is 1. The van der Waals surface area contributed by atoms with Gasteiger partial charge in [-0.2, -0.15) is 0 Å². The maximum Gasteiger partial charge on any atom is 0.308 e. The van der Waals surface area contributed by atoms with E-state index >= 15 is 0 Å². The number of esters is 1. The molecule has 0 spiro atoms.